The Labute approximate surface area is 101 Å². The first-order valence-corrected chi connectivity index (χ1v) is 1.75. The largest absolute Gasteiger partial charge is 1.00 e. The quantitative estimate of drug-likeness (QED) is 0.384. The molecule has 0 N–H and O–H groups in total. The zero-order chi connectivity index (χ0) is 9.00. The summed E-state index contributed by atoms with van der Waals surface area (Å²) in [6.07, 6.45) is 0. The minimum Gasteiger partial charge on any atom is -1.00 e. The van der Waals surface area contributed by atoms with Gasteiger partial charge in [0.2, 0.25) is 0 Å². The Kier molecular flexibility index (Phi) is 11.0. The molecule has 0 spiro atoms. The van der Waals surface area contributed by atoms with Crippen molar-refractivity contribution in [3.05, 3.63) is 0 Å². The summed E-state index contributed by atoms with van der Waals surface area (Å²) in [6, 6.07) is 0. The molecule has 0 heterocycles. The minimum absolute atomic E-state index is 0. The van der Waals surface area contributed by atoms with Crippen LogP contribution in [0, 0.1) is 0 Å². The first-order valence-electron chi connectivity index (χ1n) is 1.75. The van der Waals surface area contributed by atoms with Crippen LogP contribution in [0.4, 0.5) is 34.5 Å². The van der Waals surface area contributed by atoms with Gasteiger partial charge in [0.1, 0.15) is 0 Å². The molecular formula is HB2F8K-2. The van der Waals surface area contributed by atoms with E-state index in [0.717, 1.165) is 0 Å². The van der Waals surface area contributed by atoms with E-state index in [4.69, 9.17) is 0 Å². The molecule has 0 amide bonds. The normalized spacial score (nSPS) is 10.9. The molecule has 0 rings (SSSR count). The Morgan fingerprint density at radius 1 is 0.545 bits per heavy atom. The molecule has 0 radical (unpaired) electrons. The van der Waals surface area contributed by atoms with Crippen LogP contribution in [-0.4, -0.2) is 14.5 Å². The van der Waals surface area contributed by atoms with Crippen LogP contribution >= 0.6 is 0 Å². The van der Waals surface area contributed by atoms with Crippen LogP contribution in [-0.2, 0) is 0 Å². The number of rotatable bonds is 0. The molecule has 0 aliphatic carbocycles. The Hall–Kier alpha value is 1.21. The molecule has 66 valence electrons. The topological polar surface area (TPSA) is 0 Å². The maximum Gasteiger partial charge on any atom is 1.00 e. The molecule has 0 aliphatic heterocycles. The van der Waals surface area contributed by atoms with Crippen molar-refractivity contribution >= 4 is 14.5 Å². The van der Waals surface area contributed by atoms with Crippen molar-refractivity contribution in [1.29, 1.82) is 0 Å². The number of hydrogen-bond acceptors (Lipinski definition) is 0. The van der Waals surface area contributed by atoms with Gasteiger partial charge in [-0.15, -0.1) is 0 Å². The van der Waals surface area contributed by atoms with Gasteiger partial charge in [0.15, 0.2) is 0 Å². The molecule has 0 nitrogen and oxygen atoms in total. The average molecular weight is 214 g/mol. The molecule has 11 heteroatoms. The van der Waals surface area contributed by atoms with E-state index in [-0.39, 0.29) is 52.8 Å². The Balaban J connectivity index is -0.0000000457. The van der Waals surface area contributed by atoms with Crippen molar-refractivity contribution < 1.29 is 87.3 Å². The number of halogens is 8. The van der Waals surface area contributed by atoms with Gasteiger partial charge in [-0.2, -0.15) is 0 Å². The van der Waals surface area contributed by atoms with E-state index in [0.29, 0.717) is 0 Å². The van der Waals surface area contributed by atoms with E-state index < -0.39 is 14.5 Å². The monoisotopic (exact) mass is 214 g/mol. The van der Waals surface area contributed by atoms with E-state index in [1.165, 1.54) is 0 Å². The van der Waals surface area contributed by atoms with Crippen LogP contribution in [0.1, 0.15) is 1.43 Å². The van der Waals surface area contributed by atoms with Crippen LogP contribution in [0.5, 0.6) is 0 Å². The molecular weight excluding hydrogens is 213 g/mol. The van der Waals surface area contributed by atoms with Crippen molar-refractivity contribution in [2.45, 2.75) is 0 Å². The van der Waals surface area contributed by atoms with Crippen LogP contribution in [0.2, 0.25) is 0 Å². The van der Waals surface area contributed by atoms with Crippen molar-refractivity contribution in [3.63, 3.8) is 0 Å². The fourth-order valence-electron chi connectivity index (χ4n) is 0. The summed E-state index contributed by atoms with van der Waals surface area (Å²) >= 11 is 0. The predicted molar refractivity (Wildman–Crippen MR) is 21.5 cm³/mol. The van der Waals surface area contributed by atoms with E-state index in [1.54, 1.807) is 0 Å². The summed E-state index contributed by atoms with van der Waals surface area (Å²) in [5.41, 5.74) is 0. The number of hydrogen-bond donors (Lipinski definition) is 0. The molecule has 0 atom stereocenters. The molecule has 0 aromatic rings. The predicted octanol–water partition coefficient (Wildman–Crippen LogP) is -0.284. The third-order valence-electron chi connectivity index (χ3n) is 0. The Bertz CT molecular complexity index is 60.0. The standard InChI is InChI=1S/2BF4.K.H/c2*2-1(3,4)5;;/q2*-1;+1;-1. The van der Waals surface area contributed by atoms with E-state index in [9.17, 15) is 34.5 Å². The third kappa shape index (κ3) is 653. The van der Waals surface area contributed by atoms with Crippen molar-refractivity contribution in [1.82, 2.24) is 0 Å². The fraction of sp³-hybridized carbons (Fsp3) is 0. The molecule has 0 saturated heterocycles. The van der Waals surface area contributed by atoms with Gasteiger partial charge >= 0.3 is 65.9 Å². The Morgan fingerprint density at radius 3 is 0.545 bits per heavy atom. The zero-order valence-corrected chi connectivity index (χ0v) is 8.30. The van der Waals surface area contributed by atoms with Crippen LogP contribution in [0.25, 0.3) is 0 Å². The SMILES string of the molecule is F[B-](F)(F)F.F[B-](F)(F)F.[H-].[K+]. The maximum absolute atomic E-state index is 9.75. The third-order valence-corrected chi connectivity index (χ3v) is 0. The first-order chi connectivity index (χ1) is 4.00. The minimum atomic E-state index is -6.00. The molecule has 0 bridgehead atoms. The summed E-state index contributed by atoms with van der Waals surface area (Å²) in [7, 11) is -12.0. The second-order valence-corrected chi connectivity index (χ2v) is 0.990. The molecule has 0 aromatic heterocycles. The van der Waals surface area contributed by atoms with Crippen molar-refractivity contribution in [2.24, 2.45) is 0 Å². The summed E-state index contributed by atoms with van der Waals surface area (Å²) in [5, 5.41) is 0. The van der Waals surface area contributed by atoms with Crippen molar-refractivity contribution in [2.75, 3.05) is 0 Å². The first kappa shape index (κ1) is 18.1. The summed E-state index contributed by atoms with van der Waals surface area (Å²) < 4.78 is 78.0. The summed E-state index contributed by atoms with van der Waals surface area (Å²) in [5.74, 6) is 0. The molecule has 0 fully saturated rings. The van der Waals surface area contributed by atoms with E-state index in [1.807, 2.05) is 0 Å². The molecule has 0 aromatic carbocycles. The van der Waals surface area contributed by atoms with Crippen molar-refractivity contribution in [3.8, 4) is 0 Å². The summed E-state index contributed by atoms with van der Waals surface area (Å²) in [4.78, 5) is 0. The van der Waals surface area contributed by atoms with Gasteiger partial charge in [0.25, 0.3) is 0 Å². The Morgan fingerprint density at radius 2 is 0.545 bits per heavy atom. The van der Waals surface area contributed by atoms with Gasteiger partial charge in [0, 0.05) is 0 Å². The van der Waals surface area contributed by atoms with Gasteiger partial charge in [-0.25, -0.2) is 0 Å². The fourth-order valence-corrected chi connectivity index (χ4v) is 0. The van der Waals surface area contributed by atoms with Gasteiger partial charge in [-0.05, 0) is 0 Å². The average Bonchev–Trinajstić information content (AvgIpc) is 1.12. The molecule has 11 heavy (non-hydrogen) atoms. The second-order valence-electron chi connectivity index (χ2n) is 0.990. The van der Waals surface area contributed by atoms with Crippen LogP contribution in [0.3, 0.4) is 0 Å². The zero-order valence-electron chi connectivity index (χ0n) is 6.18. The van der Waals surface area contributed by atoms with Gasteiger partial charge in [0.05, 0.1) is 0 Å². The maximum atomic E-state index is 9.75. The molecule has 0 unspecified atom stereocenters. The van der Waals surface area contributed by atoms with E-state index in [2.05, 4.69) is 0 Å². The molecule has 0 aliphatic rings. The van der Waals surface area contributed by atoms with Crippen LogP contribution < -0.4 is 51.4 Å². The van der Waals surface area contributed by atoms with E-state index >= 15 is 0 Å². The van der Waals surface area contributed by atoms with Crippen LogP contribution in [0.15, 0.2) is 0 Å². The smallest absolute Gasteiger partial charge is 1.00 e. The summed E-state index contributed by atoms with van der Waals surface area (Å²) in [6.45, 7) is 0. The van der Waals surface area contributed by atoms with Gasteiger partial charge in [-0.3, -0.25) is 0 Å². The van der Waals surface area contributed by atoms with Gasteiger partial charge in [-0.1, -0.05) is 0 Å². The molecule has 0 saturated carbocycles. The van der Waals surface area contributed by atoms with Gasteiger partial charge < -0.3 is 36.0 Å². The second kappa shape index (κ2) is 6.69.